The predicted molar refractivity (Wildman–Crippen MR) is 84.6 cm³/mol. The van der Waals surface area contributed by atoms with Crippen LogP contribution in [0.1, 0.15) is 5.56 Å². The minimum atomic E-state index is -0.512. The van der Waals surface area contributed by atoms with Gasteiger partial charge in [0.25, 0.3) is 5.91 Å². The lowest BCUT2D eigenvalue weighted by Crippen LogP contribution is -2.13. The topological polar surface area (TPSA) is 84.2 Å². The van der Waals surface area contributed by atoms with E-state index < -0.39 is 5.91 Å². The molecule has 1 aromatic heterocycles. The molecule has 0 atom stereocenters. The van der Waals surface area contributed by atoms with E-state index in [0.29, 0.717) is 26.7 Å². The molecule has 1 aliphatic heterocycles. The van der Waals surface area contributed by atoms with Crippen molar-refractivity contribution < 1.29 is 14.3 Å². The van der Waals surface area contributed by atoms with E-state index in [4.69, 9.17) is 9.47 Å². The number of carbonyl (C=O) groups is 1. The van der Waals surface area contributed by atoms with Gasteiger partial charge in [-0.1, -0.05) is 15.9 Å². The Morgan fingerprint density at radius 2 is 2.23 bits per heavy atom. The zero-order valence-corrected chi connectivity index (χ0v) is 13.4. The van der Waals surface area contributed by atoms with Gasteiger partial charge in [0, 0.05) is 16.0 Å². The maximum Gasteiger partial charge on any atom is 0.268 e. The second kappa shape index (κ2) is 6.17. The molecule has 0 unspecified atom stereocenters. The summed E-state index contributed by atoms with van der Waals surface area (Å²) in [4.78, 5) is 16.0. The summed E-state index contributed by atoms with van der Waals surface area (Å²) in [5.41, 5.74) is 0.616. The van der Waals surface area contributed by atoms with Gasteiger partial charge < -0.3 is 9.47 Å². The molecule has 0 fully saturated rings. The Balaban J connectivity index is 1.89. The van der Waals surface area contributed by atoms with Crippen molar-refractivity contribution in [2.75, 3.05) is 12.1 Å². The molecule has 8 heteroatoms. The largest absolute Gasteiger partial charge is 0.454 e. The summed E-state index contributed by atoms with van der Waals surface area (Å²) in [6, 6.07) is 5.34. The van der Waals surface area contributed by atoms with Crippen LogP contribution in [-0.2, 0) is 4.79 Å². The monoisotopic (exact) mass is 377 g/mol. The van der Waals surface area contributed by atoms with Crippen LogP contribution in [0.5, 0.6) is 11.5 Å². The molecule has 0 aliphatic carbocycles. The highest BCUT2D eigenvalue weighted by atomic mass is 79.9. The van der Waals surface area contributed by atoms with Gasteiger partial charge in [0.05, 0.1) is 0 Å². The number of ether oxygens (including phenoxy) is 2. The van der Waals surface area contributed by atoms with E-state index in [0.717, 1.165) is 0 Å². The first-order chi connectivity index (χ1) is 10.7. The second-order valence-electron chi connectivity index (χ2n) is 4.19. The number of aromatic nitrogens is 1. The maximum absolute atomic E-state index is 12.1. The van der Waals surface area contributed by atoms with E-state index in [1.165, 1.54) is 17.4 Å². The van der Waals surface area contributed by atoms with Gasteiger partial charge in [0.1, 0.15) is 11.6 Å². The number of anilines is 1. The van der Waals surface area contributed by atoms with Crippen LogP contribution in [0.15, 0.2) is 33.8 Å². The number of nitrogens with zero attached hydrogens (tertiary/aromatic N) is 2. The van der Waals surface area contributed by atoms with Crippen LogP contribution < -0.4 is 14.8 Å². The Morgan fingerprint density at radius 1 is 1.45 bits per heavy atom. The number of fused-ring (bicyclic) bond motifs is 1. The van der Waals surface area contributed by atoms with Crippen molar-refractivity contribution in [2.24, 2.45) is 0 Å². The minimum absolute atomic E-state index is 0.0326. The van der Waals surface area contributed by atoms with Crippen LogP contribution in [-0.4, -0.2) is 17.7 Å². The maximum atomic E-state index is 12.1. The number of thiazole rings is 1. The van der Waals surface area contributed by atoms with Gasteiger partial charge in [0.15, 0.2) is 16.6 Å². The minimum Gasteiger partial charge on any atom is -0.454 e. The smallest absolute Gasteiger partial charge is 0.268 e. The summed E-state index contributed by atoms with van der Waals surface area (Å²) in [6.45, 7) is 0.157. The Bertz CT molecular complexity index is 796. The molecule has 2 aromatic rings. The summed E-state index contributed by atoms with van der Waals surface area (Å²) in [6.07, 6.45) is 3.06. The molecular weight excluding hydrogens is 370 g/mol. The van der Waals surface area contributed by atoms with Crippen LogP contribution in [0.2, 0.25) is 0 Å². The number of carbonyl (C=O) groups excluding carboxylic acids is 1. The molecule has 1 aliphatic rings. The lowest BCUT2D eigenvalue weighted by molar-refractivity contribution is -0.112. The molecule has 22 heavy (non-hydrogen) atoms. The predicted octanol–water partition coefficient (Wildman–Crippen LogP) is 3.18. The average molecular weight is 378 g/mol. The van der Waals surface area contributed by atoms with Gasteiger partial charge in [-0.3, -0.25) is 10.1 Å². The number of rotatable bonds is 3. The van der Waals surface area contributed by atoms with Gasteiger partial charge in [-0.25, -0.2) is 4.98 Å². The van der Waals surface area contributed by atoms with Crippen molar-refractivity contribution in [3.8, 4) is 17.6 Å². The first-order valence-electron chi connectivity index (χ1n) is 6.09. The van der Waals surface area contributed by atoms with Crippen LogP contribution in [0.3, 0.4) is 0 Å². The Morgan fingerprint density at radius 3 is 2.91 bits per heavy atom. The van der Waals surface area contributed by atoms with Crippen LogP contribution in [0, 0.1) is 11.3 Å². The van der Waals surface area contributed by atoms with E-state index >= 15 is 0 Å². The molecule has 0 saturated carbocycles. The molecule has 0 spiro atoms. The first kappa shape index (κ1) is 14.6. The number of amides is 1. The van der Waals surface area contributed by atoms with Crippen LogP contribution in [0.25, 0.3) is 6.08 Å². The molecule has 6 nitrogen and oxygen atoms in total. The molecule has 3 rings (SSSR count). The Hall–Kier alpha value is -2.37. The Labute approximate surface area is 138 Å². The molecule has 110 valence electrons. The van der Waals surface area contributed by atoms with Crippen LogP contribution >= 0.6 is 27.3 Å². The highest BCUT2D eigenvalue weighted by Gasteiger charge is 2.17. The molecule has 1 N–H and O–H groups in total. The van der Waals surface area contributed by atoms with Crippen molar-refractivity contribution >= 4 is 44.4 Å². The van der Waals surface area contributed by atoms with E-state index in [-0.39, 0.29) is 12.4 Å². The third kappa shape index (κ3) is 2.95. The summed E-state index contributed by atoms with van der Waals surface area (Å²) in [7, 11) is 0. The van der Waals surface area contributed by atoms with Crippen molar-refractivity contribution in [3.63, 3.8) is 0 Å². The molecule has 0 bridgehead atoms. The molecule has 1 amide bonds. The highest BCUT2D eigenvalue weighted by molar-refractivity contribution is 9.10. The average Bonchev–Trinajstić information content (AvgIpc) is 3.15. The van der Waals surface area contributed by atoms with E-state index in [2.05, 4.69) is 26.2 Å². The molecule has 2 heterocycles. The van der Waals surface area contributed by atoms with Gasteiger partial charge in [-0.05, 0) is 23.8 Å². The number of halogens is 1. The fourth-order valence-corrected chi connectivity index (χ4v) is 2.76. The fraction of sp³-hybridized carbons (Fsp3) is 0.0714. The zero-order chi connectivity index (χ0) is 15.5. The second-order valence-corrected chi connectivity index (χ2v) is 5.94. The Kier molecular flexibility index (Phi) is 4.09. The van der Waals surface area contributed by atoms with Gasteiger partial charge in [0.2, 0.25) is 6.79 Å². The van der Waals surface area contributed by atoms with Crippen molar-refractivity contribution in [1.29, 1.82) is 5.26 Å². The fourth-order valence-electron chi connectivity index (χ4n) is 1.80. The third-order valence-corrected chi connectivity index (χ3v) is 4.18. The van der Waals surface area contributed by atoms with Crippen molar-refractivity contribution in [2.45, 2.75) is 0 Å². The van der Waals surface area contributed by atoms with Gasteiger partial charge >= 0.3 is 0 Å². The zero-order valence-electron chi connectivity index (χ0n) is 11.0. The van der Waals surface area contributed by atoms with Crippen molar-refractivity contribution in [1.82, 2.24) is 4.98 Å². The summed E-state index contributed by atoms with van der Waals surface area (Å²) < 4.78 is 11.3. The number of hydrogen-bond donors (Lipinski definition) is 1. The van der Waals surface area contributed by atoms with Crippen LogP contribution in [0.4, 0.5) is 5.13 Å². The number of nitriles is 1. The number of benzene rings is 1. The van der Waals surface area contributed by atoms with Gasteiger partial charge in [-0.2, -0.15) is 5.26 Å². The lowest BCUT2D eigenvalue weighted by atomic mass is 10.1. The summed E-state index contributed by atoms with van der Waals surface area (Å²) >= 11 is 4.67. The summed E-state index contributed by atoms with van der Waals surface area (Å²) in [5.74, 6) is 0.684. The number of nitrogens with one attached hydrogen (secondary N) is 1. The molecule has 0 saturated heterocycles. The SMILES string of the molecule is N#C/C(=C\c1cc2c(cc1Br)OCO2)C(=O)Nc1nccs1. The van der Waals surface area contributed by atoms with Gasteiger partial charge in [-0.15, -0.1) is 11.3 Å². The normalized spacial score (nSPS) is 12.8. The number of hydrogen-bond acceptors (Lipinski definition) is 6. The van der Waals surface area contributed by atoms with E-state index in [1.54, 1.807) is 23.7 Å². The van der Waals surface area contributed by atoms with E-state index in [1.807, 2.05) is 6.07 Å². The summed E-state index contributed by atoms with van der Waals surface area (Å²) in [5, 5.41) is 14.0. The molecule has 0 radical (unpaired) electrons. The van der Waals surface area contributed by atoms with E-state index in [9.17, 15) is 10.1 Å². The highest BCUT2D eigenvalue weighted by Crippen LogP contribution is 2.37. The lowest BCUT2D eigenvalue weighted by Gasteiger charge is -2.04. The molecule has 1 aromatic carbocycles. The molecular formula is C14H8BrN3O3S. The first-order valence-corrected chi connectivity index (χ1v) is 7.76. The standard InChI is InChI=1S/C14H8BrN3O3S/c15-10-5-12-11(20-7-21-12)4-8(10)3-9(6-16)13(19)18-14-17-1-2-22-14/h1-5H,7H2,(H,17,18,19)/b9-3+. The quantitative estimate of drug-likeness (QED) is 0.655. The third-order valence-electron chi connectivity index (χ3n) is 2.81. The van der Waals surface area contributed by atoms with Crippen molar-refractivity contribution in [3.05, 3.63) is 39.3 Å².